The first-order chi connectivity index (χ1) is 11.5. The number of thiophene rings is 1. The van der Waals surface area contributed by atoms with E-state index in [4.69, 9.17) is 0 Å². The molecule has 24 heavy (non-hydrogen) atoms. The van der Waals surface area contributed by atoms with Gasteiger partial charge in [0.1, 0.15) is 0 Å². The van der Waals surface area contributed by atoms with Crippen LogP contribution in [0.2, 0.25) is 0 Å². The molecule has 0 spiro atoms. The first-order valence-corrected chi connectivity index (χ1v) is 9.92. The zero-order valence-corrected chi connectivity index (χ0v) is 15.0. The molecule has 5 nitrogen and oxygen atoms in total. The van der Waals surface area contributed by atoms with E-state index < -0.39 is 10.0 Å². The van der Waals surface area contributed by atoms with Crippen molar-refractivity contribution in [2.45, 2.75) is 13.5 Å². The van der Waals surface area contributed by atoms with Crippen LogP contribution >= 0.6 is 11.3 Å². The van der Waals surface area contributed by atoms with Crippen LogP contribution in [0, 0.1) is 0 Å². The number of rotatable bonds is 8. The van der Waals surface area contributed by atoms with Crippen molar-refractivity contribution in [2.24, 2.45) is 0 Å². The molecule has 7 heteroatoms. The Balaban J connectivity index is 1.95. The lowest BCUT2D eigenvalue weighted by atomic mass is 10.2. The maximum Gasteiger partial charge on any atom is 0.236 e. The van der Waals surface area contributed by atoms with Crippen molar-refractivity contribution in [3.8, 4) is 0 Å². The Labute approximate surface area is 146 Å². The Morgan fingerprint density at radius 2 is 1.96 bits per heavy atom. The zero-order valence-electron chi connectivity index (χ0n) is 13.4. The van der Waals surface area contributed by atoms with Crippen molar-refractivity contribution in [1.29, 1.82) is 0 Å². The summed E-state index contributed by atoms with van der Waals surface area (Å²) in [7, 11) is -3.64. The lowest BCUT2D eigenvalue weighted by Gasteiger charge is -2.17. The van der Waals surface area contributed by atoms with Crippen LogP contribution in [0.4, 0.5) is 0 Å². The van der Waals surface area contributed by atoms with Crippen LogP contribution in [0.15, 0.2) is 53.3 Å². The predicted molar refractivity (Wildman–Crippen MR) is 97.8 cm³/mol. The zero-order chi connectivity index (χ0) is 17.4. The summed E-state index contributed by atoms with van der Waals surface area (Å²) in [6.45, 7) is 2.16. The number of amides is 1. The lowest BCUT2D eigenvalue weighted by Crippen LogP contribution is -2.39. The number of hydrogen-bond acceptors (Lipinski definition) is 4. The van der Waals surface area contributed by atoms with E-state index in [9.17, 15) is 13.2 Å². The van der Waals surface area contributed by atoms with Gasteiger partial charge in [-0.25, -0.2) is 8.42 Å². The predicted octanol–water partition coefficient (Wildman–Crippen LogP) is 2.69. The number of carbonyl (C=O) groups is 1. The molecule has 128 valence electrons. The van der Waals surface area contributed by atoms with Crippen molar-refractivity contribution in [3.05, 3.63) is 63.7 Å². The highest BCUT2D eigenvalue weighted by molar-refractivity contribution is 7.92. The van der Waals surface area contributed by atoms with Crippen LogP contribution in [-0.2, 0) is 21.4 Å². The summed E-state index contributed by atoms with van der Waals surface area (Å²) in [4.78, 5) is 13.0. The fourth-order valence-corrected chi connectivity index (χ4v) is 3.81. The molecule has 1 aromatic carbocycles. The third-order valence-corrected chi connectivity index (χ3v) is 5.77. The molecule has 0 aliphatic rings. The summed E-state index contributed by atoms with van der Waals surface area (Å²) in [5.41, 5.74) is 0.791. The van der Waals surface area contributed by atoms with Gasteiger partial charge in [0, 0.05) is 16.8 Å². The van der Waals surface area contributed by atoms with Gasteiger partial charge in [-0.3, -0.25) is 4.79 Å². The number of nitrogens with one attached hydrogen (secondary N) is 1. The fourth-order valence-electron chi connectivity index (χ4n) is 2.01. The minimum atomic E-state index is -3.64. The van der Waals surface area contributed by atoms with Crippen molar-refractivity contribution in [3.63, 3.8) is 0 Å². The molecule has 0 fully saturated rings. The second kappa shape index (κ2) is 8.77. The normalized spacial score (nSPS) is 11.9. The maximum absolute atomic E-state index is 12.4. The third kappa shape index (κ3) is 5.59. The maximum atomic E-state index is 12.4. The molecule has 0 unspecified atom stereocenters. The minimum absolute atomic E-state index is 0.191. The standard InChI is InChI=1S/C17H20N2O3S2/c1-2-19(14-17(20)18-13-16-9-6-11-23-16)24(21,22)12-10-15-7-4-3-5-8-15/h3-12H,2,13-14H2,1H3,(H,18,20)/b12-10+. The van der Waals surface area contributed by atoms with Crippen LogP contribution in [-0.4, -0.2) is 31.7 Å². The number of sulfonamides is 1. The van der Waals surface area contributed by atoms with E-state index in [1.165, 1.54) is 6.08 Å². The Bertz CT molecular complexity index is 769. The third-order valence-electron chi connectivity index (χ3n) is 3.30. The molecule has 1 amide bonds. The monoisotopic (exact) mass is 364 g/mol. The molecule has 0 bridgehead atoms. The van der Waals surface area contributed by atoms with Crippen LogP contribution in [0.1, 0.15) is 17.4 Å². The highest BCUT2D eigenvalue weighted by atomic mass is 32.2. The first-order valence-electron chi connectivity index (χ1n) is 7.53. The van der Waals surface area contributed by atoms with Gasteiger partial charge in [-0.2, -0.15) is 4.31 Å². The topological polar surface area (TPSA) is 66.5 Å². The van der Waals surface area contributed by atoms with Gasteiger partial charge in [-0.05, 0) is 23.1 Å². The van der Waals surface area contributed by atoms with Gasteiger partial charge in [0.15, 0.2) is 0 Å². The molecule has 1 aromatic heterocycles. The molecular formula is C17H20N2O3S2. The number of carbonyl (C=O) groups excluding carboxylic acids is 1. The van der Waals surface area contributed by atoms with Gasteiger partial charge < -0.3 is 5.32 Å². The SMILES string of the molecule is CCN(CC(=O)NCc1cccs1)S(=O)(=O)/C=C/c1ccccc1. The van der Waals surface area contributed by atoms with E-state index in [-0.39, 0.29) is 19.0 Å². The van der Waals surface area contributed by atoms with Gasteiger partial charge in [0.05, 0.1) is 13.1 Å². The van der Waals surface area contributed by atoms with E-state index in [1.807, 2.05) is 47.8 Å². The Kier molecular flexibility index (Phi) is 6.72. The second-order valence-electron chi connectivity index (χ2n) is 5.04. The smallest absolute Gasteiger partial charge is 0.236 e. The van der Waals surface area contributed by atoms with E-state index in [2.05, 4.69) is 5.32 Å². The number of nitrogens with zero attached hydrogens (tertiary/aromatic N) is 1. The second-order valence-corrected chi connectivity index (χ2v) is 7.89. The molecular weight excluding hydrogens is 344 g/mol. The van der Waals surface area contributed by atoms with E-state index >= 15 is 0 Å². The number of hydrogen-bond donors (Lipinski definition) is 1. The molecule has 0 aliphatic heterocycles. The summed E-state index contributed by atoms with van der Waals surface area (Å²) in [5, 5.41) is 5.80. The average Bonchev–Trinajstić information content (AvgIpc) is 3.10. The molecule has 0 radical (unpaired) electrons. The van der Waals surface area contributed by atoms with Gasteiger partial charge in [0.25, 0.3) is 0 Å². The van der Waals surface area contributed by atoms with Crippen molar-refractivity contribution >= 4 is 33.3 Å². The van der Waals surface area contributed by atoms with E-state index in [0.29, 0.717) is 6.54 Å². The molecule has 0 saturated heterocycles. The summed E-state index contributed by atoms with van der Waals surface area (Å²) in [5.74, 6) is -0.318. The molecule has 1 heterocycles. The van der Waals surface area contributed by atoms with E-state index in [0.717, 1.165) is 20.2 Å². The number of benzene rings is 1. The van der Waals surface area contributed by atoms with Crippen LogP contribution in [0.25, 0.3) is 6.08 Å². The quantitative estimate of drug-likeness (QED) is 0.783. The van der Waals surface area contributed by atoms with Gasteiger partial charge in [-0.15, -0.1) is 11.3 Å². The number of likely N-dealkylation sites (N-methyl/N-ethyl adjacent to an activating group) is 1. The van der Waals surface area contributed by atoms with Crippen LogP contribution in [0.5, 0.6) is 0 Å². The summed E-state index contributed by atoms with van der Waals surface area (Å²) < 4.78 is 25.9. The highest BCUT2D eigenvalue weighted by Crippen LogP contribution is 2.09. The Morgan fingerprint density at radius 1 is 1.21 bits per heavy atom. The van der Waals surface area contributed by atoms with Crippen LogP contribution in [0.3, 0.4) is 0 Å². The Morgan fingerprint density at radius 3 is 2.58 bits per heavy atom. The Hall–Kier alpha value is -1.96. The van der Waals surface area contributed by atoms with Crippen molar-refractivity contribution in [1.82, 2.24) is 9.62 Å². The van der Waals surface area contributed by atoms with Crippen molar-refractivity contribution < 1.29 is 13.2 Å². The van der Waals surface area contributed by atoms with Gasteiger partial charge in [-0.1, -0.05) is 43.3 Å². The molecule has 1 N–H and O–H groups in total. The molecule has 0 aliphatic carbocycles. The van der Waals surface area contributed by atoms with Gasteiger partial charge >= 0.3 is 0 Å². The van der Waals surface area contributed by atoms with Crippen LogP contribution < -0.4 is 5.32 Å². The first kappa shape index (κ1) is 18.4. The molecule has 0 atom stereocenters. The fraction of sp³-hybridized carbons (Fsp3) is 0.235. The molecule has 2 rings (SSSR count). The molecule has 0 saturated carbocycles. The summed E-state index contributed by atoms with van der Waals surface area (Å²) in [6.07, 6.45) is 1.53. The van der Waals surface area contributed by atoms with Gasteiger partial charge in [0.2, 0.25) is 15.9 Å². The van der Waals surface area contributed by atoms with E-state index in [1.54, 1.807) is 18.3 Å². The summed E-state index contributed by atoms with van der Waals surface area (Å²) >= 11 is 1.54. The highest BCUT2D eigenvalue weighted by Gasteiger charge is 2.20. The average molecular weight is 364 g/mol. The molecule has 2 aromatic rings. The van der Waals surface area contributed by atoms with Crippen molar-refractivity contribution in [2.75, 3.05) is 13.1 Å². The summed E-state index contributed by atoms with van der Waals surface area (Å²) in [6, 6.07) is 13.0. The lowest BCUT2D eigenvalue weighted by molar-refractivity contribution is -0.121. The largest absolute Gasteiger partial charge is 0.350 e. The minimum Gasteiger partial charge on any atom is -0.350 e.